The Balaban J connectivity index is 1.69. The van der Waals surface area contributed by atoms with Crippen LogP contribution in [0, 0.1) is 5.92 Å². The number of rotatable bonds is 7. The number of amides is 1. The third-order valence-electron chi connectivity index (χ3n) is 5.42. The van der Waals surface area contributed by atoms with Crippen molar-refractivity contribution < 1.29 is 10.0 Å². The SMILES string of the molecule is CC(C)C(c1cc2ccccc2n1Cc1cccnc1)N1C/C(=C/CC(=O)NO)N=N1. The molecule has 1 aromatic carbocycles. The highest BCUT2D eigenvalue weighted by molar-refractivity contribution is 5.81. The van der Waals surface area contributed by atoms with Crippen molar-refractivity contribution in [3.8, 4) is 0 Å². The predicted molar refractivity (Wildman–Crippen MR) is 117 cm³/mol. The van der Waals surface area contributed by atoms with Gasteiger partial charge in [-0.2, -0.15) is 0 Å². The molecule has 1 amide bonds. The van der Waals surface area contributed by atoms with E-state index in [2.05, 4.69) is 64.1 Å². The van der Waals surface area contributed by atoms with E-state index in [-0.39, 0.29) is 18.4 Å². The van der Waals surface area contributed by atoms with E-state index in [9.17, 15) is 4.79 Å². The molecule has 1 unspecified atom stereocenters. The highest BCUT2D eigenvalue weighted by Gasteiger charge is 2.30. The summed E-state index contributed by atoms with van der Waals surface area (Å²) < 4.78 is 2.33. The number of nitrogens with zero attached hydrogens (tertiary/aromatic N) is 5. The fraction of sp³-hybridized carbons (Fsp3) is 0.304. The maximum Gasteiger partial charge on any atom is 0.247 e. The standard InChI is InChI=1S/C23H26N6O2/c1-16(2)23(29-15-19(25-27-29)9-10-22(30)26-31)21-12-18-7-3-4-8-20(18)28(21)14-17-6-5-11-24-13-17/h3-9,11-13,16,23,31H,10,14-15H2,1-2H3,(H,26,30)/b19-9-. The molecule has 0 spiro atoms. The predicted octanol–water partition coefficient (Wildman–Crippen LogP) is 4.24. The number of benzene rings is 1. The van der Waals surface area contributed by atoms with E-state index >= 15 is 0 Å². The number of hydrogen-bond donors (Lipinski definition) is 2. The second kappa shape index (κ2) is 9.09. The number of carbonyl (C=O) groups is 1. The van der Waals surface area contributed by atoms with Gasteiger partial charge in [-0.25, -0.2) is 5.48 Å². The van der Waals surface area contributed by atoms with Crippen LogP contribution in [-0.2, 0) is 11.3 Å². The first-order valence-corrected chi connectivity index (χ1v) is 10.3. The monoisotopic (exact) mass is 418 g/mol. The van der Waals surface area contributed by atoms with Gasteiger partial charge in [-0.3, -0.25) is 20.0 Å². The summed E-state index contributed by atoms with van der Waals surface area (Å²) in [5.41, 5.74) is 5.80. The average Bonchev–Trinajstić information content (AvgIpc) is 3.38. The van der Waals surface area contributed by atoms with Gasteiger partial charge < -0.3 is 4.57 Å². The highest BCUT2D eigenvalue weighted by atomic mass is 16.5. The van der Waals surface area contributed by atoms with Crippen LogP contribution in [0.3, 0.4) is 0 Å². The van der Waals surface area contributed by atoms with Crippen LogP contribution in [0.5, 0.6) is 0 Å². The molecular formula is C23H26N6O2. The zero-order valence-electron chi connectivity index (χ0n) is 17.6. The number of carbonyl (C=O) groups excluding carboxylic acids is 1. The molecule has 0 bridgehead atoms. The van der Waals surface area contributed by atoms with Gasteiger partial charge in [0.05, 0.1) is 18.3 Å². The third-order valence-corrected chi connectivity index (χ3v) is 5.42. The van der Waals surface area contributed by atoms with E-state index in [4.69, 9.17) is 5.21 Å². The Bertz CT molecular complexity index is 1120. The number of hydrogen-bond acceptors (Lipinski definition) is 6. The largest absolute Gasteiger partial charge is 0.338 e. The topological polar surface area (TPSA) is 95.1 Å². The summed E-state index contributed by atoms with van der Waals surface area (Å²) in [4.78, 5) is 15.6. The smallest absolute Gasteiger partial charge is 0.247 e. The zero-order chi connectivity index (χ0) is 21.8. The lowest BCUT2D eigenvalue weighted by Gasteiger charge is -2.29. The summed E-state index contributed by atoms with van der Waals surface area (Å²) in [5.74, 6) is -0.200. The van der Waals surface area contributed by atoms with Gasteiger partial charge >= 0.3 is 0 Å². The molecule has 2 aromatic heterocycles. The normalized spacial score (nSPS) is 15.9. The van der Waals surface area contributed by atoms with E-state index in [1.54, 1.807) is 17.8 Å². The maximum absolute atomic E-state index is 11.3. The molecule has 0 saturated heterocycles. The number of nitrogens with one attached hydrogen (secondary N) is 1. The van der Waals surface area contributed by atoms with Gasteiger partial charge in [0.15, 0.2) is 0 Å². The first-order valence-electron chi connectivity index (χ1n) is 10.3. The molecule has 8 heteroatoms. The lowest BCUT2D eigenvalue weighted by molar-refractivity contribution is -0.128. The van der Waals surface area contributed by atoms with Crippen molar-refractivity contribution in [3.63, 3.8) is 0 Å². The summed E-state index contributed by atoms with van der Waals surface area (Å²) in [5, 5.41) is 20.5. The molecule has 0 saturated carbocycles. The molecule has 160 valence electrons. The first-order chi connectivity index (χ1) is 15.1. The van der Waals surface area contributed by atoms with Gasteiger partial charge in [-0.05, 0) is 41.1 Å². The number of pyridine rings is 1. The van der Waals surface area contributed by atoms with Crippen molar-refractivity contribution in [2.24, 2.45) is 16.3 Å². The molecule has 1 atom stereocenters. The average molecular weight is 419 g/mol. The molecule has 31 heavy (non-hydrogen) atoms. The summed E-state index contributed by atoms with van der Waals surface area (Å²) in [6, 6.07) is 14.6. The van der Waals surface area contributed by atoms with Crippen LogP contribution in [0.15, 0.2) is 77.0 Å². The molecule has 0 aliphatic carbocycles. The van der Waals surface area contributed by atoms with Gasteiger partial charge in [-0.15, -0.1) is 5.11 Å². The molecule has 4 rings (SSSR count). The van der Waals surface area contributed by atoms with Crippen LogP contribution in [0.1, 0.15) is 37.6 Å². The summed E-state index contributed by atoms with van der Waals surface area (Å²) in [6.07, 6.45) is 5.43. The molecule has 3 aromatic rings. The van der Waals surface area contributed by atoms with Crippen LogP contribution in [0.4, 0.5) is 0 Å². The maximum atomic E-state index is 11.3. The van der Waals surface area contributed by atoms with Gasteiger partial charge in [-0.1, -0.05) is 43.3 Å². The van der Waals surface area contributed by atoms with Crippen molar-refractivity contribution >= 4 is 16.8 Å². The van der Waals surface area contributed by atoms with E-state index in [1.165, 1.54) is 10.9 Å². The minimum absolute atomic E-state index is 0.00499. The molecule has 2 N–H and O–H groups in total. The Kier molecular flexibility index (Phi) is 6.08. The minimum atomic E-state index is -0.474. The molecule has 8 nitrogen and oxygen atoms in total. The summed E-state index contributed by atoms with van der Waals surface area (Å²) in [6.45, 7) is 5.57. The minimum Gasteiger partial charge on any atom is -0.338 e. The van der Waals surface area contributed by atoms with Crippen LogP contribution in [0.2, 0.25) is 0 Å². The number of fused-ring (bicyclic) bond motifs is 1. The van der Waals surface area contributed by atoms with E-state index in [1.807, 2.05) is 23.3 Å². The molecule has 3 heterocycles. The van der Waals surface area contributed by atoms with Crippen LogP contribution in [0.25, 0.3) is 10.9 Å². The van der Waals surface area contributed by atoms with Gasteiger partial charge in [0.1, 0.15) is 0 Å². The lowest BCUT2D eigenvalue weighted by atomic mass is 9.99. The molecule has 0 fully saturated rings. The molecule has 1 aliphatic rings. The van der Waals surface area contributed by atoms with Crippen LogP contribution in [-0.4, -0.2) is 32.2 Å². The highest BCUT2D eigenvalue weighted by Crippen LogP contribution is 2.36. The Morgan fingerprint density at radius 2 is 2.10 bits per heavy atom. The number of aromatic nitrogens is 2. The zero-order valence-corrected chi connectivity index (χ0v) is 17.6. The molecular weight excluding hydrogens is 392 g/mol. The van der Waals surface area contributed by atoms with Crippen molar-refractivity contribution in [2.75, 3.05) is 6.54 Å². The lowest BCUT2D eigenvalue weighted by Crippen LogP contribution is -2.28. The van der Waals surface area contributed by atoms with Crippen molar-refractivity contribution in [1.29, 1.82) is 0 Å². The molecule has 0 radical (unpaired) electrons. The van der Waals surface area contributed by atoms with Crippen LogP contribution < -0.4 is 5.48 Å². The Morgan fingerprint density at radius 3 is 2.84 bits per heavy atom. The summed E-state index contributed by atoms with van der Waals surface area (Å²) >= 11 is 0. The van der Waals surface area contributed by atoms with E-state index < -0.39 is 5.91 Å². The van der Waals surface area contributed by atoms with Crippen molar-refractivity contribution in [1.82, 2.24) is 20.0 Å². The Labute approximate surface area is 180 Å². The fourth-order valence-electron chi connectivity index (χ4n) is 4.03. The Morgan fingerprint density at radius 1 is 1.26 bits per heavy atom. The number of hydroxylamine groups is 1. The molecule has 1 aliphatic heterocycles. The summed E-state index contributed by atoms with van der Waals surface area (Å²) in [7, 11) is 0. The fourth-order valence-corrected chi connectivity index (χ4v) is 4.03. The van der Waals surface area contributed by atoms with Crippen molar-refractivity contribution in [3.05, 3.63) is 77.9 Å². The van der Waals surface area contributed by atoms with Crippen LogP contribution >= 0.6 is 0 Å². The van der Waals surface area contributed by atoms with Gasteiger partial charge in [0.25, 0.3) is 0 Å². The van der Waals surface area contributed by atoms with Gasteiger partial charge in [0.2, 0.25) is 5.91 Å². The third kappa shape index (κ3) is 4.49. The second-order valence-corrected chi connectivity index (χ2v) is 7.99. The first kappa shape index (κ1) is 20.7. The number of para-hydroxylation sites is 1. The Hall–Kier alpha value is -3.52. The second-order valence-electron chi connectivity index (χ2n) is 7.99. The quantitative estimate of drug-likeness (QED) is 0.443. The van der Waals surface area contributed by atoms with E-state index in [0.717, 1.165) is 11.3 Å². The van der Waals surface area contributed by atoms with Gasteiger partial charge in [0, 0.05) is 36.6 Å². The van der Waals surface area contributed by atoms with Crippen molar-refractivity contribution in [2.45, 2.75) is 32.9 Å². The van der Waals surface area contributed by atoms with E-state index in [0.29, 0.717) is 18.8 Å².